The highest BCUT2D eigenvalue weighted by Gasteiger charge is 2.14. The van der Waals surface area contributed by atoms with Crippen molar-refractivity contribution >= 4 is 12.2 Å². The van der Waals surface area contributed by atoms with Gasteiger partial charge in [-0.05, 0) is 24.3 Å². The molecule has 2 aromatic rings. The van der Waals surface area contributed by atoms with Crippen LogP contribution < -0.4 is 14.2 Å². The zero-order chi connectivity index (χ0) is 15.4. The molecule has 5 nitrogen and oxygen atoms in total. The second-order valence-corrected chi connectivity index (χ2v) is 4.55. The van der Waals surface area contributed by atoms with Crippen LogP contribution in [0, 0.1) is 16.0 Å². The van der Waals surface area contributed by atoms with E-state index < -0.39 is 0 Å². The number of hydrogen-bond acceptors (Lipinski definition) is 5. The zero-order valence-electron chi connectivity index (χ0n) is 11.9. The van der Waals surface area contributed by atoms with Gasteiger partial charge in [-0.25, -0.2) is 0 Å². The van der Waals surface area contributed by atoms with Gasteiger partial charge in [0.25, 0.3) is 0 Å². The number of ether oxygens (including phenoxy) is 3. The molecule has 0 spiro atoms. The minimum absolute atomic E-state index is 0.392. The normalized spacial score (nSPS) is 9.81. The number of aromatic amines is 1. The predicted molar refractivity (Wildman–Crippen MR) is 81.4 cm³/mol. The molecule has 0 atom stereocenters. The van der Waals surface area contributed by atoms with E-state index in [4.69, 9.17) is 31.7 Å². The SMILES string of the molecule is COc1cc(-c2ccc(C#N)c(=S)[nH]2)cc(OC)c1OC. The number of pyridine rings is 1. The molecule has 0 radical (unpaired) electrons. The minimum atomic E-state index is 0.392. The Bertz CT molecular complexity index is 737. The molecule has 0 bridgehead atoms. The van der Waals surface area contributed by atoms with Gasteiger partial charge in [-0.15, -0.1) is 0 Å². The summed E-state index contributed by atoms with van der Waals surface area (Å²) in [6.45, 7) is 0. The molecule has 0 amide bonds. The summed E-state index contributed by atoms with van der Waals surface area (Å²) in [5, 5.41) is 8.92. The number of methoxy groups -OCH3 is 3. The third-order valence-electron chi connectivity index (χ3n) is 3.01. The summed E-state index contributed by atoms with van der Waals surface area (Å²) >= 11 is 5.14. The highest BCUT2D eigenvalue weighted by Crippen LogP contribution is 2.40. The lowest BCUT2D eigenvalue weighted by molar-refractivity contribution is 0.324. The fraction of sp³-hybridized carbons (Fsp3) is 0.200. The standard InChI is InChI=1S/C15H14N2O3S/c1-18-12-6-10(7-13(19-2)14(12)20-3)11-5-4-9(8-16)15(21)17-11/h4-7H,1-3H3,(H,17,21). The van der Waals surface area contributed by atoms with Crippen molar-refractivity contribution in [3.05, 3.63) is 34.5 Å². The fourth-order valence-corrected chi connectivity index (χ4v) is 2.19. The molecule has 0 fully saturated rings. The highest BCUT2D eigenvalue weighted by atomic mass is 32.1. The number of nitrogens with one attached hydrogen (secondary N) is 1. The second kappa shape index (κ2) is 6.29. The lowest BCUT2D eigenvalue weighted by Gasteiger charge is -2.14. The molecule has 21 heavy (non-hydrogen) atoms. The lowest BCUT2D eigenvalue weighted by Crippen LogP contribution is -1.96. The van der Waals surface area contributed by atoms with Gasteiger partial charge >= 0.3 is 0 Å². The first-order chi connectivity index (χ1) is 10.1. The number of nitriles is 1. The first-order valence-electron chi connectivity index (χ1n) is 6.08. The smallest absolute Gasteiger partial charge is 0.203 e. The summed E-state index contributed by atoms with van der Waals surface area (Å²) in [6, 6.07) is 9.12. The van der Waals surface area contributed by atoms with Crippen LogP contribution in [0.5, 0.6) is 17.2 Å². The van der Waals surface area contributed by atoms with Crippen LogP contribution in [0.3, 0.4) is 0 Å². The van der Waals surface area contributed by atoms with E-state index in [0.29, 0.717) is 27.5 Å². The van der Waals surface area contributed by atoms with Crippen molar-refractivity contribution < 1.29 is 14.2 Å². The molecule has 0 aliphatic rings. The average Bonchev–Trinajstić information content (AvgIpc) is 2.53. The Hall–Kier alpha value is -2.52. The van der Waals surface area contributed by atoms with E-state index in [1.165, 1.54) is 0 Å². The molecule has 0 saturated heterocycles. The zero-order valence-corrected chi connectivity index (χ0v) is 12.7. The molecule has 1 aromatic carbocycles. The molecule has 0 unspecified atom stereocenters. The van der Waals surface area contributed by atoms with E-state index >= 15 is 0 Å². The van der Waals surface area contributed by atoms with Gasteiger partial charge in [0, 0.05) is 11.3 Å². The van der Waals surface area contributed by atoms with E-state index in [0.717, 1.165) is 11.3 Å². The van der Waals surface area contributed by atoms with Gasteiger partial charge in [0.15, 0.2) is 11.5 Å². The van der Waals surface area contributed by atoms with Crippen molar-refractivity contribution in [1.29, 1.82) is 5.26 Å². The third-order valence-corrected chi connectivity index (χ3v) is 3.33. The van der Waals surface area contributed by atoms with E-state index in [1.807, 2.05) is 18.2 Å². The summed E-state index contributed by atoms with van der Waals surface area (Å²) < 4.78 is 16.3. The third kappa shape index (κ3) is 2.83. The fourth-order valence-electron chi connectivity index (χ4n) is 1.97. The van der Waals surface area contributed by atoms with Crippen molar-refractivity contribution in [2.24, 2.45) is 0 Å². The van der Waals surface area contributed by atoms with Crippen LogP contribution in [-0.2, 0) is 0 Å². The average molecular weight is 302 g/mol. The quantitative estimate of drug-likeness (QED) is 0.878. The molecular formula is C15H14N2O3S. The Labute approximate surface area is 127 Å². The Morgan fingerprint density at radius 2 is 1.67 bits per heavy atom. The largest absolute Gasteiger partial charge is 0.493 e. The summed E-state index contributed by atoms with van der Waals surface area (Å²) in [5.74, 6) is 1.63. The molecule has 1 aromatic heterocycles. The van der Waals surface area contributed by atoms with Crippen molar-refractivity contribution in [3.8, 4) is 34.6 Å². The topological polar surface area (TPSA) is 67.3 Å². The lowest BCUT2D eigenvalue weighted by atomic mass is 10.1. The Morgan fingerprint density at radius 1 is 1.05 bits per heavy atom. The number of H-pyrrole nitrogens is 1. The first kappa shape index (κ1) is 14.9. The van der Waals surface area contributed by atoms with Crippen molar-refractivity contribution in [1.82, 2.24) is 4.98 Å². The van der Waals surface area contributed by atoms with Gasteiger partial charge in [0.2, 0.25) is 5.75 Å². The predicted octanol–water partition coefficient (Wildman–Crippen LogP) is 3.31. The van der Waals surface area contributed by atoms with Gasteiger partial charge in [-0.1, -0.05) is 12.2 Å². The monoisotopic (exact) mass is 302 g/mol. The van der Waals surface area contributed by atoms with Gasteiger partial charge in [0.1, 0.15) is 10.7 Å². The molecule has 1 heterocycles. The number of rotatable bonds is 4. The van der Waals surface area contributed by atoms with Crippen molar-refractivity contribution in [3.63, 3.8) is 0 Å². The molecule has 0 aliphatic carbocycles. The van der Waals surface area contributed by atoms with Gasteiger partial charge in [0.05, 0.1) is 26.9 Å². The summed E-state index contributed by atoms with van der Waals surface area (Å²) in [4.78, 5) is 3.02. The highest BCUT2D eigenvalue weighted by molar-refractivity contribution is 7.71. The Kier molecular flexibility index (Phi) is 4.45. The number of benzene rings is 1. The number of nitrogens with zero attached hydrogens (tertiary/aromatic N) is 1. The maximum absolute atomic E-state index is 8.92. The number of hydrogen-bond donors (Lipinski definition) is 1. The van der Waals surface area contributed by atoms with E-state index in [-0.39, 0.29) is 0 Å². The van der Waals surface area contributed by atoms with Crippen LogP contribution in [0.2, 0.25) is 0 Å². The van der Waals surface area contributed by atoms with Crippen molar-refractivity contribution in [2.45, 2.75) is 0 Å². The Morgan fingerprint density at radius 3 is 2.10 bits per heavy atom. The first-order valence-corrected chi connectivity index (χ1v) is 6.49. The Balaban J connectivity index is 2.62. The molecule has 0 aliphatic heterocycles. The van der Waals surface area contributed by atoms with Gasteiger partial charge < -0.3 is 19.2 Å². The van der Waals surface area contributed by atoms with Crippen LogP contribution in [0.25, 0.3) is 11.3 Å². The number of aromatic nitrogens is 1. The maximum atomic E-state index is 8.92. The van der Waals surface area contributed by atoms with Crippen LogP contribution >= 0.6 is 12.2 Å². The maximum Gasteiger partial charge on any atom is 0.203 e. The van der Waals surface area contributed by atoms with E-state index in [1.54, 1.807) is 33.5 Å². The van der Waals surface area contributed by atoms with Crippen LogP contribution in [-0.4, -0.2) is 26.3 Å². The molecule has 6 heteroatoms. The molecular weight excluding hydrogens is 288 g/mol. The second-order valence-electron chi connectivity index (χ2n) is 4.14. The van der Waals surface area contributed by atoms with Crippen LogP contribution in [0.15, 0.2) is 24.3 Å². The summed E-state index contributed by atoms with van der Waals surface area (Å²) in [5.41, 5.74) is 2.01. The molecule has 1 N–H and O–H groups in total. The molecule has 108 valence electrons. The van der Waals surface area contributed by atoms with E-state index in [2.05, 4.69) is 4.98 Å². The van der Waals surface area contributed by atoms with Crippen LogP contribution in [0.1, 0.15) is 5.56 Å². The van der Waals surface area contributed by atoms with Gasteiger partial charge in [-0.3, -0.25) is 0 Å². The van der Waals surface area contributed by atoms with E-state index in [9.17, 15) is 0 Å². The molecule has 2 rings (SSSR count). The van der Waals surface area contributed by atoms with Gasteiger partial charge in [-0.2, -0.15) is 5.26 Å². The molecule has 0 saturated carbocycles. The minimum Gasteiger partial charge on any atom is -0.493 e. The summed E-state index contributed by atoms with van der Waals surface area (Å²) in [6.07, 6.45) is 0. The summed E-state index contributed by atoms with van der Waals surface area (Å²) in [7, 11) is 4.67. The van der Waals surface area contributed by atoms with Crippen LogP contribution in [0.4, 0.5) is 0 Å². The van der Waals surface area contributed by atoms with Crippen molar-refractivity contribution in [2.75, 3.05) is 21.3 Å².